The Balaban J connectivity index is 1.63. The average molecular weight is 351 g/mol. The van der Waals surface area contributed by atoms with Crippen LogP contribution in [0.5, 0.6) is 0 Å². The lowest BCUT2D eigenvalue weighted by atomic mass is 10.0. The fourth-order valence-corrected chi connectivity index (χ4v) is 3.69. The number of nitrogens with one attached hydrogen (secondary N) is 1. The molecule has 26 heavy (non-hydrogen) atoms. The van der Waals surface area contributed by atoms with Gasteiger partial charge in [-0.15, -0.1) is 0 Å². The lowest BCUT2D eigenvalue weighted by Gasteiger charge is -2.29. The Labute approximate surface area is 151 Å². The molecule has 2 aliphatic heterocycles. The smallest absolute Gasteiger partial charge is 0.262 e. The van der Waals surface area contributed by atoms with Gasteiger partial charge in [-0.1, -0.05) is 0 Å². The van der Waals surface area contributed by atoms with E-state index < -0.39 is 5.54 Å². The van der Waals surface area contributed by atoms with Gasteiger partial charge >= 0.3 is 0 Å². The molecular weight excluding hydrogens is 330 g/mol. The van der Waals surface area contributed by atoms with Crippen LogP contribution in [0.25, 0.3) is 0 Å². The molecule has 134 valence electrons. The average Bonchev–Trinajstić information content (AvgIpc) is 3.16. The molecule has 3 amide bonds. The molecule has 1 N–H and O–H groups in total. The predicted octanol–water partition coefficient (Wildman–Crippen LogP) is 2.61. The van der Waals surface area contributed by atoms with Crippen molar-refractivity contribution in [1.82, 2.24) is 14.8 Å². The third-order valence-electron chi connectivity index (χ3n) is 5.01. The number of fused-ring (bicyclic) bond motifs is 2. The summed E-state index contributed by atoms with van der Waals surface area (Å²) < 4.78 is 0. The molecule has 0 aliphatic carbocycles. The summed E-state index contributed by atoms with van der Waals surface area (Å²) in [4.78, 5) is 44.4. The summed E-state index contributed by atoms with van der Waals surface area (Å²) >= 11 is 0. The number of carbonyl (C=O) groups is 3. The maximum Gasteiger partial charge on any atom is 0.262 e. The topological polar surface area (TPSA) is 73.5 Å². The van der Waals surface area contributed by atoms with Crippen LogP contribution in [0.1, 0.15) is 63.1 Å². The highest BCUT2D eigenvalue weighted by molar-refractivity contribution is 6.22. The van der Waals surface area contributed by atoms with Gasteiger partial charge in [-0.25, -0.2) is 0 Å². The number of hydrogen-bond acceptors (Lipinski definition) is 3. The number of H-pyrrole nitrogens is 1. The van der Waals surface area contributed by atoms with E-state index in [0.717, 1.165) is 12.0 Å². The molecule has 4 rings (SSSR count). The molecule has 6 heteroatoms. The second-order valence-corrected chi connectivity index (χ2v) is 7.84. The van der Waals surface area contributed by atoms with Gasteiger partial charge in [0, 0.05) is 42.5 Å². The summed E-state index contributed by atoms with van der Waals surface area (Å²) in [5.41, 5.74) is 2.82. The fraction of sp³-hybridized carbons (Fsp3) is 0.350. The van der Waals surface area contributed by atoms with Crippen molar-refractivity contribution in [2.75, 3.05) is 6.54 Å². The van der Waals surface area contributed by atoms with Gasteiger partial charge in [0.1, 0.15) is 0 Å². The highest BCUT2D eigenvalue weighted by Gasteiger charge is 2.42. The fourth-order valence-electron chi connectivity index (χ4n) is 3.69. The van der Waals surface area contributed by atoms with E-state index in [-0.39, 0.29) is 17.7 Å². The van der Waals surface area contributed by atoms with Crippen LogP contribution in [-0.4, -0.2) is 44.6 Å². The summed E-state index contributed by atoms with van der Waals surface area (Å²) in [6.45, 7) is 6.65. The summed E-state index contributed by atoms with van der Waals surface area (Å²) in [6, 6.07) is 6.79. The Morgan fingerprint density at radius 2 is 1.81 bits per heavy atom. The maximum atomic E-state index is 12.9. The zero-order chi connectivity index (χ0) is 18.6. The van der Waals surface area contributed by atoms with E-state index in [0.29, 0.717) is 29.8 Å². The van der Waals surface area contributed by atoms with Crippen LogP contribution >= 0.6 is 0 Å². The Kier molecular flexibility index (Phi) is 3.54. The third-order valence-corrected chi connectivity index (χ3v) is 5.01. The van der Waals surface area contributed by atoms with Crippen molar-refractivity contribution in [2.45, 2.75) is 39.3 Å². The number of aromatic nitrogens is 1. The summed E-state index contributed by atoms with van der Waals surface area (Å²) in [7, 11) is 0. The Hall–Kier alpha value is -2.89. The molecule has 0 atom stereocenters. The van der Waals surface area contributed by atoms with Gasteiger partial charge < -0.3 is 9.88 Å². The zero-order valence-electron chi connectivity index (χ0n) is 15.1. The quantitative estimate of drug-likeness (QED) is 0.803. The standard InChI is InChI=1S/C20H21N3O3/c1-20(2,3)23-18(25)14-5-4-12(10-15(14)19(23)26)17(24)22-9-7-16-13(11-22)6-8-21-16/h4-6,8,10,21H,7,9,11H2,1-3H3. The number of aromatic amines is 1. The van der Waals surface area contributed by atoms with Gasteiger partial charge in [0.2, 0.25) is 0 Å². The lowest BCUT2D eigenvalue weighted by Crippen LogP contribution is -2.45. The highest BCUT2D eigenvalue weighted by Crippen LogP contribution is 2.30. The van der Waals surface area contributed by atoms with Crippen molar-refractivity contribution in [2.24, 2.45) is 0 Å². The van der Waals surface area contributed by atoms with Gasteiger partial charge in [-0.3, -0.25) is 19.3 Å². The summed E-state index contributed by atoms with van der Waals surface area (Å²) in [5, 5.41) is 0. The molecule has 0 saturated heterocycles. The highest BCUT2D eigenvalue weighted by atomic mass is 16.2. The van der Waals surface area contributed by atoms with Gasteiger partial charge in [0.25, 0.3) is 17.7 Å². The van der Waals surface area contributed by atoms with Crippen molar-refractivity contribution >= 4 is 17.7 Å². The molecule has 0 fully saturated rings. The van der Waals surface area contributed by atoms with E-state index in [1.54, 1.807) is 23.1 Å². The first kappa shape index (κ1) is 16.6. The zero-order valence-corrected chi connectivity index (χ0v) is 15.1. The van der Waals surface area contributed by atoms with E-state index >= 15 is 0 Å². The Bertz CT molecular complexity index is 936. The molecule has 6 nitrogen and oxygen atoms in total. The van der Waals surface area contributed by atoms with Gasteiger partial charge in [0.15, 0.2) is 0 Å². The first-order valence-corrected chi connectivity index (χ1v) is 8.75. The molecular formula is C20H21N3O3. The molecule has 3 heterocycles. The van der Waals surface area contributed by atoms with Crippen LogP contribution in [0.4, 0.5) is 0 Å². The number of amides is 3. The van der Waals surface area contributed by atoms with E-state index in [9.17, 15) is 14.4 Å². The summed E-state index contributed by atoms with van der Waals surface area (Å²) in [6.07, 6.45) is 2.67. The van der Waals surface area contributed by atoms with Crippen molar-refractivity contribution in [3.63, 3.8) is 0 Å². The van der Waals surface area contributed by atoms with Gasteiger partial charge in [0.05, 0.1) is 11.1 Å². The molecule has 2 aliphatic rings. The monoisotopic (exact) mass is 351 g/mol. The van der Waals surface area contributed by atoms with E-state index in [4.69, 9.17) is 0 Å². The van der Waals surface area contributed by atoms with Crippen LogP contribution in [0, 0.1) is 0 Å². The van der Waals surface area contributed by atoms with Gasteiger partial charge in [-0.05, 0) is 50.6 Å². The van der Waals surface area contributed by atoms with Crippen LogP contribution in [0.15, 0.2) is 30.5 Å². The number of nitrogens with zero attached hydrogens (tertiary/aromatic N) is 2. The Morgan fingerprint density at radius 1 is 1.08 bits per heavy atom. The first-order valence-electron chi connectivity index (χ1n) is 8.75. The largest absolute Gasteiger partial charge is 0.365 e. The predicted molar refractivity (Wildman–Crippen MR) is 95.9 cm³/mol. The number of rotatable bonds is 1. The maximum absolute atomic E-state index is 12.9. The SMILES string of the molecule is CC(C)(C)N1C(=O)c2ccc(C(=O)N3CCc4[nH]ccc4C3)cc2C1=O. The van der Waals surface area contributed by atoms with E-state index in [1.807, 2.05) is 33.0 Å². The second-order valence-electron chi connectivity index (χ2n) is 7.84. The van der Waals surface area contributed by atoms with Crippen LogP contribution in [0.3, 0.4) is 0 Å². The second kappa shape index (κ2) is 5.56. The van der Waals surface area contributed by atoms with Crippen molar-refractivity contribution in [3.05, 3.63) is 58.4 Å². The normalized spacial score (nSPS) is 16.7. The van der Waals surface area contributed by atoms with Crippen LogP contribution < -0.4 is 0 Å². The third kappa shape index (κ3) is 2.44. The molecule has 1 aromatic carbocycles. The van der Waals surface area contributed by atoms with E-state index in [1.165, 1.54) is 10.6 Å². The molecule has 0 spiro atoms. The minimum absolute atomic E-state index is 0.117. The van der Waals surface area contributed by atoms with Crippen LogP contribution in [0.2, 0.25) is 0 Å². The number of hydrogen-bond donors (Lipinski definition) is 1. The molecule has 2 aromatic rings. The van der Waals surface area contributed by atoms with Crippen molar-refractivity contribution in [3.8, 4) is 0 Å². The molecule has 0 unspecified atom stereocenters. The minimum atomic E-state index is -0.602. The molecule has 1 aromatic heterocycles. The lowest BCUT2D eigenvalue weighted by molar-refractivity contribution is 0.0507. The van der Waals surface area contributed by atoms with Crippen LogP contribution in [-0.2, 0) is 13.0 Å². The van der Waals surface area contributed by atoms with Gasteiger partial charge in [-0.2, -0.15) is 0 Å². The molecule has 0 radical (unpaired) electrons. The van der Waals surface area contributed by atoms with Crippen molar-refractivity contribution < 1.29 is 14.4 Å². The van der Waals surface area contributed by atoms with Crippen molar-refractivity contribution in [1.29, 1.82) is 0 Å². The number of carbonyl (C=O) groups excluding carboxylic acids is 3. The number of benzene rings is 1. The minimum Gasteiger partial charge on any atom is -0.365 e. The first-order chi connectivity index (χ1) is 12.3. The summed E-state index contributed by atoms with van der Waals surface area (Å²) in [5.74, 6) is -0.751. The Morgan fingerprint density at radius 3 is 2.54 bits per heavy atom. The van der Waals surface area contributed by atoms with E-state index in [2.05, 4.69) is 4.98 Å². The molecule has 0 saturated carbocycles. The number of imide groups is 1. The molecule has 0 bridgehead atoms.